The van der Waals surface area contributed by atoms with E-state index in [1.54, 1.807) is 48.5 Å². The summed E-state index contributed by atoms with van der Waals surface area (Å²) in [4.78, 5) is 42.4. The molecule has 1 amide bonds. The Hall–Kier alpha value is -4.33. The molecule has 2 aromatic heterocycles. The summed E-state index contributed by atoms with van der Waals surface area (Å²) in [5.74, 6) is 1.08. The first-order valence-electron chi connectivity index (χ1n) is 10.6. The van der Waals surface area contributed by atoms with Crippen molar-refractivity contribution in [1.82, 2.24) is 24.8 Å². The number of H-pyrrole nitrogens is 1. The molecule has 164 valence electrons. The van der Waals surface area contributed by atoms with Crippen LogP contribution in [0, 0.1) is 0 Å². The van der Waals surface area contributed by atoms with E-state index >= 15 is 0 Å². The second-order valence-corrected chi connectivity index (χ2v) is 7.71. The van der Waals surface area contributed by atoms with Crippen LogP contribution in [0.15, 0.2) is 67.0 Å². The Morgan fingerprint density at radius 2 is 1.82 bits per heavy atom. The lowest BCUT2D eigenvalue weighted by molar-refractivity contribution is -0.128. The molecule has 1 N–H and O–H groups in total. The SMILES string of the molecule is CC(=O)N1CC=C(c2nccnc2Oc2ccc(C(=O)c3nc4ccccc4[nH]3)cc2)CC1. The molecule has 4 aromatic rings. The van der Waals surface area contributed by atoms with Gasteiger partial charge in [-0.15, -0.1) is 0 Å². The Balaban J connectivity index is 1.34. The topological polar surface area (TPSA) is 101 Å². The Bertz CT molecular complexity index is 1340. The average molecular weight is 439 g/mol. The molecular weight excluding hydrogens is 418 g/mol. The van der Waals surface area contributed by atoms with Crippen LogP contribution in [0.1, 0.15) is 35.2 Å². The predicted molar refractivity (Wildman–Crippen MR) is 123 cm³/mol. The van der Waals surface area contributed by atoms with Crippen LogP contribution in [-0.2, 0) is 4.79 Å². The summed E-state index contributed by atoms with van der Waals surface area (Å²) in [5, 5.41) is 0. The van der Waals surface area contributed by atoms with Gasteiger partial charge in [0.15, 0.2) is 5.82 Å². The highest BCUT2D eigenvalue weighted by atomic mass is 16.5. The molecule has 33 heavy (non-hydrogen) atoms. The van der Waals surface area contributed by atoms with Crippen LogP contribution in [0.25, 0.3) is 16.6 Å². The van der Waals surface area contributed by atoms with Crippen molar-refractivity contribution in [2.24, 2.45) is 0 Å². The van der Waals surface area contributed by atoms with Crippen molar-refractivity contribution < 1.29 is 14.3 Å². The third-order valence-corrected chi connectivity index (χ3v) is 5.56. The summed E-state index contributed by atoms with van der Waals surface area (Å²) in [7, 11) is 0. The largest absolute Gasteiger partial charge is 0.437 e. The molecule has 5 rings (SSSR count). The number of nitrogens with one attached hydrogen (secondary N) is 1. The molecule has 1 aliphatic rings. The van der Waals surface area contributed by atoms with Gasteiger partial charge in [0.05, 0.1) is 11.0 Å². The first-order valence-corrected chi connectivity index (χ1v) is 10.6. The molecule has 0 spiro atoms. The number of benzene rings is 2. The van der Waals surface area contributed by atoms with Crippen LogP contribution in [0.4, 0.5) is 0 Å². The summed E-state index contributed by atoms with van der Waals surface area (Å²) < 4.78 is 6.00. The van der Waals surface area contributed by atoms with Gasteiger partial charge in [-0.2, -0.15) is 0 Å². The van der Waals surface area contributed by atoms with E-state index in [0.29, 0.717) is 48.2 Å². The van der Waals surface area contributed by atoms with Crippen LogP contribution in [0.2, 0.25) is 0 Å². The number of carbonyl (C=O) groups is 2. The van der Waals surface area contributed by atoms with Gasteiger partial charge in [-0.05, 0) is 48.4 Å². The van der Waals surface area contributed by atoms with Gasteiger partial charge < -0.3 is 14.6 Å². The number of ketones is 1. The number of rotatable bonds is 5. The molecule has 3 heterocycles. The van der Waals surface area contributed by atoms with Gasteiger partial charge in [0, 0.05) is 38.0 Å². The Morgan fingerprint density at radius 3 is 2.55 bits per heavy atom. The molecule has 0 saturated heterocycles. The van der Waals surface area contributed by atoms with Crippen molar-refractivity contribution in [3.8, 4) is 11.6 Å². The molecule has 0 atom stereocenters. The van der Waals surface area contributed by atoms with Gasteiger partial charge in [0.2, 0.25) is 17.6 Å². The predicted octanol–water partition coefficient (Wildman–Crippen LogP) is 4.01. The lowest BCUT2D eigenvalue weighted by Gasteiger charge is -2.25. The molecule has 0 radical (unpaired) electrons. The average Bonchev–Trinajstić information content (AvgIpc) is 3.29. The van der Waals surface area contributed by atoms with E-state index in [9.17, 15) is 9.59 Å². The maximum absolute atomic E-state index is 12.8. The monoisotopic (exact) mass is 439 g/mol. The third kappa shape index (κ3) is 4.23. The van der Waals surface area contributed by atoms with Gasteiger partial charge >= 0.3 is 0 Å². The third-order valence-electron chi connectivity index (χ3n) is 5.56. The summed E-state index contributed by atoms with van der Waals surface area (Å²) in [6.45, 7) is 2.74. The van der Waals surface area contributed by atoms with Gasteiger partial charge in [-0.3, -0.25) is 9.59 Å². The standard InChI is InChI=1S/C25H21N5O3/c1-16(31)30-14-10-17(11-15-30)22-25(27-13-12-26-22)33-19-8-6-18(7-9-19)23(32)24-28-20-4-2-3-5-21(20)29-24/h2-10,12-13H,11,14-15H2,1H3,(H,28,29). The molecule has 8 heteroatoms. The quantitative estimate of drug-likeness (QED) is 0.472. The van der Waals surface area contributed by atoms with Crippen LogP contribution in [0.5, 0.6) is 11.6 Å². The number of hydrogen-bond donors (Lipinski definition) is 1. The molecule has 0 fully saturated rings. The van der Waals surface area contributed by atoms with E-state index < -0.39 is 0 Å². The first-order chi connectivity index (χ1) is 16.1. The minimum Gasteiger partial charge on any atom is -0.437 e. The van der Waals surface area contributed by atoms with Crippen LogP contribution in [0.3, 0.4) is 0 Å². The zero-order valence-electron chi connectivity index (χ0n) is 18.0. The molecule has 1 aliphatic heterocycles. The van der Waals surface area contributed by atoms with Crippen LogP contribution in [-0.4, -0.2) is 49.6 Å². The first kappa shape index (κ1) is 20.6. The second kappa shape index (κ2) is 8.66. The molecule has 0 saturated carbocycles. The Morgan fingerprint density at radius 1 is 1.03 bits per heavy atom. The van der Waals surface area contributed by atoms with E-state index in [1.165, 1.54) is 0 Å². The lowest BCUT2D eigenvalue weighted by Crippen LogP contribution is -2.32. The maximum atomic E-state index is 12.8. The minimum atomic E-state index is -0.194. The smallest absolute Gasteiger partial charge is 0.245 e. The Kier molecular flexibility index (Phi) is 5.40. The highest BCUT2D eigenvalue weighted by Crippen LogP contribution is 2.30. The van der Waals surface area contributed by atoms with Crippen molar-refractivity contribution in [2.75, 3.05) is 13.1 Å². The zero-order chi connectivity index (χ0) is 22.8. The number of para-hydroxylation sites is 2. The van der Waals surface area contributed by atoms with Gasteiger partial charge in [0.25, 0.3) is 0 Å². The number of aromatic nitrogens is 4. The van der Waals surface area contributed by atoms with Crippen molar-refractivity contribution in [3.05, 3.63) is 84.1 Å². The fourth-order valence-corrected chi connectivity index (χ4v) is 3.77. The van der Waals surface area contributed by atoms with E-state index in [2.05, 4.69) is 19.9 Å². The van der Waals surface area contributed by atoms with E-state index in [0.717, 1.165) is 16.6 Å². The second-order valence-electron chi connectivity index (χ2n) is 7.71. The fourth-order valence-electron chi connectivity index (χ4n) is 3.77. The van der Waals surface area contributed by atoms with Gasteiger partial charge in [0.1, 0.15) is 11.4 Å². The number of ether oxygens (including phenoxy) is 1. The summed E-state index contributed by atoms with van der Waals surface area (Å²) >= 11 is 0. The summed E-state index contributed by atoms with van der Waals surface area (Å²) in [6, 6.07) is 14.4. The molecule has 8 nitrogen and oxygen atoms in total. The van der Waals surface area contributed by atoms with Gasteiger partial charge in [-0.1, -0.05) is 18.2 Å². The number of fused-ring (bicyclic) bond motifs is 1. The molecule has 2 aromatic carbocycles. The van der Waals surface area contributed by atoms with E-state index in [1.807, 2.05) is 30.3 Å². The normalized spacial score (nSPS) is 13.6. The minimum absolute atomic E-state index is 0.0539. The highest BCUT2D eigenvalue weighted by molar-refractivity contribution is 6.08. The van der Waals surface area contributed by atoms with Crippen LogP contribution < -0.4 is 4.74 Å². The van der Waals surface area contributed by atoms with Crippen molar-refractivity contribution in [1.29, 1.82) is 0 Å². The number of carbonyl (C=O) groups excluding carboxylic acids is 2. The number of imidazole rings is 1. The summed E-state index contributed by atoms with van der Waals surface area (Å²) in [5.41, 5.74) is 3.72. The molecular formula is C25H21N5O3. The van der Waals surface area contributed by atoms with Gasteiger partial charge in [-0.25, -0.2) is 15.0 Å². The lowest BCUT2D eigenvalue weighted by atomic mass is 10.0. The number of amides is 1. The molecule has 0 aliphatic carbocycles. The number of hydrogen-bond acceptors (Lipinski definition) is 6. The van der Waals surface area contributed by atoms with E-state index in [-0.39, 0.29) is 11.7 Å². The van der Waals surface area contributed by atoms with Crippen molar-refractivity contribution >= 4 is 28.3 Å². The van der Waals surface area contributed by atoms with Crippen molar-refractivity contribution in [3.63, 3.8) is 0 Å². The highest BCUT2D eigenvalue weighted by Gasteiger charge is 2.20. The number of nitrogens with zero attached hydrogens (tertiary/aromatic N) is 4. The molecule has 0 bridgehead atoms. The van der Waals surface area contributed by atoms with E-state index in [4.69, 9.17) is 4.74 Å². The fraction of sp³-hybridized carbons (Fsp3) is 0.160. The number of aromatic amines is 1. The zero-order valence-corrected chi connectivity index (χ0v) is 18.0. The van der Waals surface area contributed by atoms with Crippen LogP contribution >= 0.6 is 0 Å². The maximum Gasteiger partial charge on any atom is 0.245 e. The molecule has 0 unspecified atom stereocenters. The van der Waals surface area contributed by atoms with Crippen molar-refractivity contribution in [2.45, 2.75) is 13.3 Å². The summed E-state index contributed by atoms with van der Waals surface area (Å²) in [6.07, 6.45) is 5.86. The Labute approximate surface area is 190 Å².